The summed E-state index contributed by atoms with van der Waals surface area (Å²) in [6.45, 7) is 0.558. The Balaban J connectivity index is 1.58. The number of nitrogens with one attached hydrogen (secondary N) is 3. The topological polar surface area (TPSA) is 56.9 Å². The van der Waals surface area contributed by atoms with Gasteiger partial charge in [0.25, 0.3) is 0 Å². The molecule has 1 saturated carbocycles. The zero-order valence-corrected chi connectivity index (χ0v) is 10.9. The number of amides is 2. The number of hydrogen-bond donors (Lipinski definition) is 3. The summed E-state index contributed by atoms with van der Waals surface area (Å²) in [4.78, 5) is 15.0. The minimum Gasteiger partial charge on any atom is -0.361 e. The summed E-state index contributed by atoms with van der Waals surface area (Å²) in [5.41, 5.74) is 2.23. The Labute approximate surface area is 112 Å². The molecule has 3 rings (SSSR count). The lowest BCUT2D eigenvalue weighted by Crippen LogP contribution is -2.40. The fraction of sp³-hybridized carbons (Fsp3) is 0.400. The van der Waals surface area contributed by atoms with Crippen LogP contribution in [0, 0.1) is 0 Å². The Morgan fingerprint density at radius 1 is 1.26 bits per heavy atom. The quantitative estimate of drug-likeness (QED) is 0.778. The number of para-hydroxylation sites is 1. The highest BCUT2D eigenvalue weighted by atomic mass is 16.2. The second-order valence-electron chi connectivity index (χ2n) is 5.17. The molecule has 4 nitrogen and oxygen atoms in total. The largest absolute Gasteiger partial charge is 0.361 e. The molecule has 0 atom stereocenters. The first-order valence-corrected chi connectivity index (χ1v) is 6.92. The van der Waals surface area contributed by atoms with E-state index in [4.69, 9.17) is 0 Å². The molecular formula is C15H19N3O. The Kier molecular flexibility index (Phi) is 3.40. The lowest BCUT2D eigenvalue weighted by atomic mass is 10.2. The van der Waals surface area contributed by atoms with Gasteiger partial charge in [-0.2, -0.15) is 0 Å². The molecule has 1 aromatic heterocycles. The van der Waals surface area contributed by atoms with Gasteiger partial charge in [0.1, 0.15) is 0 Å². The molecule has 0 unspecified atom stereocenters. The second-order valence-corrected chi connectivity index (χ2v) is 5.17. The smallest absolute Gasteiger partial charge is 0.315 e. The van der Waals surface area contributed by atoms with Crippen LogP contribution in [-0.4, -0.2) is 17.1 Å². The monoisotopic (exact) mass is 257 g/mol. The maximum Gasteiger partial charge on any atom is 0.315 e. The van der Waals surface area contributed by atoms with Crippen LogP contribution in [0.2, 0.25) is 0 Å². The fourth-order valence-electron chi connectivity index (χ4n) is 2.76. The number of urea groups is 1. The van der Waals surface area contributed by atoms with Crippen molar-refractivity contribution in [1.29, 1.82) is 0 Å². The summed E-state index contributed by atoms with van der Waals surface area (Å²) in [6, 6.07) is 8.43. The fourth-order valence-corrected chi connectivity index (χ4v) is 2.76. The Morgan fingerprint density at radius 2 is 2.05 bits per heavy atom. The van der Waals surface area contributed by atoms with Crippen LogP contribution >= 0.6 is 0 Å². The molecule has 2 amide bonds. The highest BCUT2D eigenvalue weighted by Gasteiger charge is 2.16. The van der Waals surface area contributed by atoms with Crippen LogP contribution in [0.1, 0.15) is 31.2 Å². The van der Waals surface area contributed by atoms with Gasteiger partial charge >= 0.3 is 6.03 Å². The van der Waals surface area contributed by atoms with Gasteiger partial charge in [-0.3, -0.25) is 0 Å². The molecule has 0 bridgehead atoms. The van der Waals surface area contributed by atoms with Crippen LogP contribution in [0.4, 0.5) is 4.79 Å². The summed E-state index contributed by atoms with van der Waals surface area (Å²) >= 11 is 0. The van der Waals surface area contributed by atoms with E-state index in [-0.39, 0.29) is 6.03 Å². The van der Waals surface area contributed by atoms with Gasteiger partial charge in [-0.15, -0.1) is 0 Å². The van der Waals surface area contributed by atoms with E-state index in [2.05, 4.69) is 21.7 Å². The standard InChI is InChI=1S/C15H19N3O/c19-15(18-12-5-1-2-6-12)17-10-11-9-16-14-8-4-3-7-13(11)14/h3-4,7-9,12,16H,1-2,5-6,10H2,(H2,17,18,19). The summed E-state index contributed by atoms with van der Waals surface area (Å²) in [7, 11) is 0. The highest BCUT2D eigenvalue weighted by Crippen LogP contribution is 2.18. The normalized spacial score (nSPS) is 15.8. The van der Waals surface area contributed by atoms with Gasteiger partial charge in [-0.05, 0) is 24.5 Å². The number of H-pyrrole nitrogens is 1. The highest BCUT2D eigenvalue weighted by molar-refractivity contribution is 5.83. The molecule has 2 aromatic rings. The third-order valence-corrected chi connectivity index (χ3v) is 3.80. The van der Waals surface area contributed by atoms with E-state index >= 15 is 0 Å². The molecule has 4 heteroatoms. The van der Waals surface area contributed by atoms with Gasteiger partial charge in [0.2, 0.25) is 0 Å². The van der Waals surface area contributed by atoms with E-state index in [9.17, 15) is 4.79 Å². The Morgan fingerprint density at radius 3 is 2.89 bits per heavy atom. The Bertz CT molecular complexity index is 570. The van der Waals surface area contributed by atoms with Crippen molar-refractivity contribution in [2.75, 3.05) is 0 Å². The number of benzene rings is 1. The first-order valence-electron chi connectivity index (χ1n) is 6.92. The summed E-state index contributed by atoms with van der Waals surface area (Å²) in [5, 5.41) is 7.13. The van der Waals surface area contributed by atoms with Gasteiger partial charge in [0, 0.05) is 29.7 Å². The molecule has 1 aliphatic rings. The minimum atomic E-state index is -0.0582. The molecule has 1 aliphatic carbocycles. The van der Waals surface area contributed by atoms with E-state index in [1.54, 1.807) is 0 Å². The third-order valence-electron chi connectivity index (χ3n) is 3.80. The summed E-state index contributed by atoms with van der Waals surface area (Å²) in [5.74, 6) is 0. The Hall–Kier alpha value is -1.97. The van der Waals surface area contributed by atoms with Crippen LogP contribution < -0.4 is 10.6 Å². The predicted molar refractivity (Wildman–Crippen MR) is 75.9 cm³/mol. The summed E-state index contributed by atoms with van der Waals surface area (Å²) in [6.07, 6.45) is 6.64. The molecule has 3 N–H and O–H groups in total. The SMILES string of the molecule is O=C(NCc1c[nH]c2ccccc12)NC1CCCC1. The number of aromatic amines is 1. The maximum absolute atomic E-state index is 11.8. The van der Waals surface area contributed by atoms with Gasteiger partial charge in [-0.25, -0.2) is 4.79 Å². The van der Waals surface area contributed by atoms with E-state index in [1.807, 2.05) is 24.4 Å². The van der Waals surface area contributed by atoms with Gasteiger partial charge in [0.15, 0.2) is 0 Å². The van der Waals surface area contributed by atoms with E-state index in [1.165, 1.54) is 18.2 Å². The van der Waals surface area contributed by atoms with Crippen molar-refractivity contribution in [3.63, 3.8) is 0 Å². The van der Waals surface area contributed by atoms with Gasteiger partial charge < -0.3 is 15.6 Å². The average Bonchev–Trinajstić information content (AvgIpc) is 3.05. The van der Waals surface area contributed by atoms with Crippen molar-refractivity contribution in [1.82, 2.24) is 15.6 Å². The van der Waals surface area contributed by atoms with Gasteiger partial charge in [0.05, 0.1) is 0 Å². The van der Waals surface area contributed by atoms with Crippen LogP contribution in [-0.2, 0) is 6.54 Å². The first kappa shape index (κ1) is 12.1. The van der Waals surface area contributed by atoms with Gasteiger partial charge in [-0.1, -0.05) is 31.0 Å². The van der Waals surface area contributed by atoms with Crippen LogP contribution in [0.25, 0.3) is 10.9 Å². The zero-order chi connectivity index (χ0) is 13.1. The van der Waals surface area contributed by atoms with E-state index < -0.39 is 0 Å². The van der Waals surface area contributed by atoms with Crippen LogP contribution in [0.3, 0.4) is 0 Å². The number of carbonyl (C=O) groups excluding carboxylic acids is 1. The summed E-state index contributed by atoms with van der Waals surface area (Å²) < 4.78 is 0. The third kappa shape index (κ3) is 2.72. The second kappa shape index (κ2) is 5.34. The maximum atomic E-state index is 11.8. The number of aromatic nitrogens is 1. The van der Waals surface area contributed by atoms with Crippen LogP contribution in [0.5, 0.6) is 0 Å². The van der Waals surface area contributed by atoms with E-state index in [0.717, 1.165) is 23.9 Å². The number of rotatable bonds is 3. The predicted octanol–water partition coefficient (Wildman–Crippen LogP) is 2.91. The average molecular weight is 257 g/mol. The molecule has 1 aromatic carbocycles. The molecule has 0 radical (unpaired) electrons. The number of carbonyl (C=O) groups is 1. The zero-order valence-electron chi connectivity index (χ0n) is 10.9. The van der Waals surface area contributed by atoms with Crippen molar-refractivity contribution >= 4 is 16.9 Å². The van der Waals surface area contributed by atoms with Crippen molar-refractivity contribution in [2.24, 2.45) is 0 Å². The van der Waals surface area contributed by atoms with E-state index in [0.29, 0.717) is 12.6 Å². The van der Waals surface area contributed by atoms with Crippen molar-refractivity contribution < 1.29 is 4.79 Å². The van der Waals surface area contributed by atoms with Crippen molar-refractivity contribution in [2.45, 2.75) is 38.3 Å². The molecular weight excluding hydrogens is 238 g/mol. The lowest BCUT2D eigenvalue weighted by molar-refractivity contribution is 0.237. The first-order chi connectivity index (χ1) is 9.33. The number of hydrogen-bond acceptors (Lipinski definition) is 1. The molecule has 1 heterocycles. The molecule has 1 fully saturated rings. The number of fused-ring (bicyclic) bond motifs is 1. The van der Waals surface area contributed by atoms with Crippen molar-refractivity contribution in [3.8, 4) is 0 Å². The molecule has 100 valence electrons. The lowest BCUT2D eigenvalue weighted by Gasteiger charge is -2.12. The molecule has 0 aliphatic heterocycles. The van der Waals surface area contributed by atoms with Crippen molar-refractivity contribution in [3.05, 3.63) is 36.0 Å². The minimum absolute atomic E-state index is 0.0582. The molecule has 0 saturated heterocycles. The molecule has 19 heavy (non-hydrogen) atoms. The molecule has 0 spiro atoms. The van der Waals surface area contributed by atoms with Crippen LogP contribution in [0.15, 0.2) is 30.5 Å².